The maximum atomic E-state index is 6.08. The van der Waals surface area contributed by atoms with Crippen LogP contribution in [0.1, 0.15) is 51.1 Å². The Morgan fingerprint density at radius 2 is 1.57 bits per heavy atom. The fourth-order valence-corrected chi connectivity index (χ4v) is 3.40. The van der Waals surface area contributed by atoms with E-state index in [1.807, 2.05) is 0 Å². The second kappa shape index (κ2) is 8.40. The fraction of sp³-hybridized carbons (Fsp3) is 0.667. The Bertz CT molecular complexity index is 389. The van der Waals surface area contributed by atoms with Gasteiger partial charge in [-0.15, -0.1) is 0 Å². The first kappa shape index (κ1) is 16.3. The molecule has 0 aliphatic carbocycles. The molecule has 2 rings (SSSR count). The zero-order valence-electron chi connectivity index (χ0n) is 13.7. The van der Waals surface area contributed by atoms with Crippen LogP contribution in [0.4, 0.5) is 5.69 Å². The molecule has 0 bridgehead atoms. The van der Waals surface area contributed by atoms with Gasteiger partial charge in [0, 0.05) is 31.4 Å². The molecule has 3 nitrogen and oxygen atoms in total. The zero-order chi connectivity index (χ0) is 15.1. The average Bonchev–Trinajstić information content (AvgIpc) is 2.80. The van der Waals surface area contributed by atoms with Crippen LogP contribution < -0.4 is 10.6 Å². The molecule has 3 heteroatoms. The van der Waals surface area contributed by atoms with Gasteiger partial charge in [-0.1, -0.05) is 25.0 Å². The van der Waals surface area contributed by atoms with Gasteiger partial charge in [0.25, 0.3) is 0 Å². The third-order valence-corrected chi connectivity index (χ3v) is 4.71. The van der Waals surface area contributed by atoms with E-state index in [4.69, 9.17) is 5.73 Å². The smallest absolute Gasteiger partial charge is 0.0470 e. The summed E-state index contributed by atoms with van der Waals surface area (Å²) in [6.07, 6.45) is 5.37. The summed E-state index contributed by atoms with van der Waals surface area (Å²) >= 11 is 0. The van der Waals surface area contributed by atoms with Crippen LogP contribution in [0, 0.1) is 0 Å². The summed E-state index contributed by atoms with van der Waals surface area (Å²) in [6.45, 7) is 9.63. The number of nitrogens with two attached hydrogens (primary N) is 1. The van der Waals surface area contributed by atoms with Crippen molar-refractivity contribution in [1.82, 2.24) is 4.90 Å². The molecule has 1 unspecified atom stereocenters. The van der Waals surface area contributed by atoms with E-state index in [1.165, 1.54) is 50.0 Å². The highest BCUT2D eigenvalue weighted by Crippen LogP contribution is 2.25. The van der Waals surface area contributed by atoms with Crippen LogP contribution in [0.5, 0.6) is 0 Å². The van der Waals surface area contributed by atoms with Crippen LogP contribution in [0.15, 0.2) is 24.3 Å². The van der Waals surface area contributed by atoms with Crippen molar-refractivity contribution in [2.75, 3.05) is 37.6 Å². The van der Waals surface area contributed by atoms with Crippen LogP contribution in [0.25, 0.3) is 0 Å². The topological polar surface area (TPSA) is 32.5 Å². The minimum atomic E-state index is 0.383. The van der Waals surface area contributed by atoms with Gasteiger partial charge < -0.3 is 10.6 Å². The largest absolute Gasteiger partial charge is 0.372 e. The van der Waals surface area contributed by atoms with Gasteiger partial charge in [-0.3, -0.25) is 4.90 Å². The van der Waals surface area contributed by atoms with Gasteiger partial charge in [-0.25, -0.2) is 0 Å². The summed E-state index contributed by atoms with van der Waals surface area (Å²) in [5.41, 5.74) is 8.77. The molecule has 1 atom stereocenters. The molecule has 1 aromatic rings. The van der Waals surface area contributed by atoms with Crippen molar-refractivity contribution in [1.29, 1.82) is 0 Å². The molecule has 1 aliphatic rings. The van der Waals surface area contributed by atoms with Gasteiger partial charge in [0.15, 0.2) is 0 Å². The minimum Gasteiger partial charge on any atom is -0.372 e. The standard InChI is InChI=1S/C18H31N3/c1-3-20(4-2)17-11-9-16(10-12-17)18(15-19)21-13-7-5-6-8-14-21/h9-12,18H,3-8,13-15,19H2,1-2H3. The molecule has 0 radical (unpaired) electrons. The first-order valence-electron chi connectivity index (χ1n) is 8.59. The highest BCUT2D eigenvalue weighted by Gasteiger charge is 2.20. The van der Waals surface area contributed by atoms with Crippen LogP contribution in [0.3, 0.4) is 0 Å². The molecule has 21 heavy (non-hydrogen) atoms. The minimum absolute atomic E-state index is 0.383. The maximum absolute atomic E-state index is 6.08. The Kier molecular flexibility index (Phi) is 6.52. The second-order valence-electron chi connectivity index (χ2n) is 5.97. The summed E-state index contributed by atoms with van der Waals surface area (Å²) in [6, 6.07) is 9.44. The predicted molar refractivity (Wildman–Crippen MR) is 91.8 cm³/mol. The van der Waals surface area contributed by atoms with Crippen molar-refractivity contribution in [3.8, 4) is 0 Å². The molecule has 0 spiro atoms. The van der Waals surface area contributed by atoms with E-state index in [0.29, 0.717) is 12.6 Å². The lowest BCUT2D eigenvalue weighted by molar-refractivity contribution is 0.210. The van der Waals surface area contributed by atoms with E-state index in [1.54, 1.807) is 0 Å². The maximum Gasteiger partial charge on any atom is 0.0470 e. The number of rotatable bonds is 6. The highest BCUT2D eigenvalue weighted by atomic mass is 15.2. The lowest BCUT2D eigenvalue weighted by Crippen LogP contribution is -2.34. The van der Waals surface area contributed by atoms with Gasteiger partial charge in [0.2, 0.25) is 0 Å². The number of benzene rings is 1. The zero-order valence-corrected chi connectivity index (χ0v) is 13.7. The van der Waals surface area contributed by atoms with E-state index in [0.717, 1.165) is 13.1 Å². The van der Waals surface area contributed by atoms with Crippen LogP contribution >= 0.6 is 0 Å². The molecule has 1 fully saturated rings. The lowest BCUT2D eigenvalue weighted by atomic mass is 10.0. The van der Waals surface area contributed by atoms with Crippen molar-refractivity contribution < 1.29 is 0 Å². The van der Waals surface area contributed by atoms with Crippen molar-refractivity contribution in [2.45, 2.75) is 45.6 Å². The lowest BCUT2D eigenvalue weighted by Gasteiger charge is -2.30. The number of anilines is 1. The van der Waals surface area contributed by atoms with Crippen molar-refractivity contribution >= 4 is 5.69 Å². The summed E-state index contributed by atoms with van der Waals surface area (Å²) in [4.78, 5) is 4.96. The Morgan fingerprint density at radius 3 is 2.05 bits per heavy atom. The number of nitrogens with zero attached hydrogens (tertiary/aromatic N) is 2. The van der Waals surface area contributed by atoms with Crippen LogP contribution in [0.2, 0.25) is 0 Å². The van der Waals surface area contributed by atoms with Gasteiger partial charge in [0.1, 0.15) is 0 Å². The molecule has 0 saturated carbocycles. The Balaban J connectivity index is 2.10. The van der Waals surface area contributed by atoms with E-state index in [9.17, 15) is 0 Å². The summed E-state index contributed by atoms with van der Waals surface area (Å²) in [5, 5.41) is 0. The van der Waals surface area contributed by atoms with Gasteiger partial charge >= 0.3 is 0 Å². The van der Waals surface area contributed by atoms with Crippen molar-refractivity contribution in [3.63, 3.8) is 0 Å². The molecule has 0 amide bonds. The Hall–Kier alpha value is -1.06. The van der Waals surface area contributed by atoms with E-state index < -0.39 is 0 Å². The fourth-order valence-electron chi connectivity index (χ4n) is 3.40. The highest BCUT2D eigenvalue weighted by molar-refractivity contribution is 5.47. The SMILES string of the molecule is CCN(CC)c1ccc(C(CN)N2CCCCCC2)cc1. The van der Waals surface area contributed by atoms with Crippen molar-refractivity contribution in [3.05, 3.63) is 29.8 Å². The first-order valence-corrected chi connectivity index (χ1v) is 8.59. The van der Waals surface area contributed by atoms with E-state index in [2.05, 4.69) is 47.9 Å². The summed E-state index contributed by atoms with van der Waals surface area (Å²) < 4.78 is 0. The van der Waals surface area contributed by atoms with Crippen molar-refractivity contribution in [2.24, 2.45) is 5.73 Å². The predicted octanol–water partition coefficient (Wildman–Crippen LogP) is 3.41. The summed E-state index contributed by atoms with van der Waals surface area (Å²) in [5.74, 6) is 0. The molecule has 1 heterocycles. The first-order chi connectivity index (χ1) is 10.3. The van der Waals surface area contributed by atoms with Gasteiger partial charge in [-0.05, 0) is 57.5 Å². The molecular weight excluding hydrogens is 258 g/mol. The molecular formula is C18H31N3. The molecule has 1 aliphatic heterocycles. The molecule has 1 aromatic carbocycles. The van der Waals surface area contributed by atoms with Gasteiger partial charge in [-0.2, -0.15) is 0 Å². The quantitative estimate of drug-likeness (QED) is 0.871. The van der Waals surface area contributed by atoms with Crippen LogP contribution in [-0.4, -0.2) is 37.6 Å². The average molecular weight is 289 g/mol. The van der Waals surface area contributed by atoms with Gasteiger partial charge in [0.05, 0.1) is 0 Å². The van der Waals surface area contributed by atoms with E-state index >= 15 is 0 Å². The molecule has 1 saturated heterocycles. The molecule has 118 valence electrons. The number of likely N-dealkylation sites (tertiary alicyclic amines) is 1. The Labute approximate surface area is 130 Å². The molecule has 2 N–H and O–H groups in total. The third-order valence-electron chi connectivity index (χ3n) is 4.71. The Morgan fingerprint density at radius 1 is 1.00 bits per heavy atom. The third kappa shape index (κ3) is 4.21. The monoisotopic (exact) mass is 289 g/mol. The molecule has 0 aromatic heterocycles. The number of hydrogen-bond acceptors (Lipinski definition) is 3. The second-order valence-corrected chi connectivity index (χ2v) is 5.97. The van der Waals surface area contributed by atoms with Crippen LogP contribution in [-0.2, 0) is 0 Å². The summed E-state index contributed by atoms with van der Waals surface area (Å²) in [7, 11) is 0. The van der Waals surface area contributed by atoms with E-state index in [-0.39, 0.29) is 0 Å². The normalized spacial score (nSPS) is 18.2. The number of hydrogen-bond donors (Lipinski definition) is 1.